The van der Waals surface area contributed by atoms with Gasteiger partial charge in [0.2, 0.25) is 0 Å². The molecule has 0 aromatic carbocycles. The van der Waals surface area contributed by atoms with Crippen molar-refractivity contribution in [1.29, 1.82) is 0 Å². The Balaban J connectivity index is 2.72. The Labute approximate surface area is 116 Å². The highest BCUT2D eigenvalue weighted by molar-refractivity contribution is 5.75. The van der Waals surface area contributed by atoms with Gasteiger partial charge in [-0.15, -0.1) is 0 Å². The molecule has 19 heavy (non-hydrogen) atoms. The predicted octanol–water partition coefficient (Wildman–Crippen LogP) is 1.14. The molecule has 0 aromatic rings. The zero-order valence-electron chi connectivity index (χ0n) is 12.7. The summed E-state index contributed by atoms with van der Waals surface area (Å²) in [7, 11) is 4.09. The first-order valence-corrected chi connectivity index (χ1v) is 7.11. The molecule has 0 bridgehead atoms. The molecule has 1 aliphatic heterocycles. The molecule has 1 fully saturated rings. The molecule has 2 atom stereocenters. The van der Waals surface area contributed by atoms with E-state index in [9.17, 15) is 9.90 Å². The lowest BCUT2D eigenvalue weighted by Gasteiger charge is -2.40. The van der Waals surface area contributed by atoms with Crippen molar-refractivity contribution in [1.82, 2.24) is 9.80 Å². The number of ether oxygens (including phenoxy) is 1. The lowest BCUT2D eigenvalue weighted by molar-refractivity contribution is -0.160. The number of carbonyl (C=O) groups is 1. The van der Waals surface area contributed by atoms with Crippen LogP contribution in [0, 0.1) is 5.41 Å². The first-order valence-electron chi connectivity index (χ1n) is 7.11. The van der Waals surface area contributed by atoms with Crippen molar-refractivity contribution in [2.24, 2.45) is 5.41 Å². The number of nitrogens with zero attached hydrogens (tertiary/aromatic N) is 2. The third kappa shape index (κ3) is 4.44. The molecule has 112 valence electrons. The molecule has 1 heterocycles. The molecule has 0 radical (unpaired) electrons. The van der Waals surface area contributed by atoms with Gasteiger partial charge in [0, 0.05) is 25.7 Å². The highest BCUT2D eigenvalue weighted by Crippen LogP contribution is 2.30. The molecule has 0 saturated carbocycles. The smallest absolute Gasteiger partial charge is 0.313 e. The molecule has 1 rings (SSSR count). The Bertz CT molecular complexity index is 288. The van der Waals surface area contributed by atoms with Crippen LogP contribution in [-0.4, -0.2) is 73.9 Å². The van der Waals surface area contributed by atoms with Gasteiger partial charge in [0.25, 0.3) is 0 Å². The third-order valence-corrected chi connectivity index (χ3v) is 3.94. The Morgan fingerprint density at radius 1 is 1.47 bits per heavy atom. The van der Waals surface area contributed by atoms with Crippen LogP contribution >= 0.6 is 0 Å². The van der Waals surface area contributed by atoms with Crippen LogP contribution in [0.4, 0.5) is 0 Å². The van der Waals surface area contributed by atoms with E-state index in [0.29, 0.717) is 32.2 Å². The summed E-state index contributed by atoms with van der Waals surface area (Å²) in [5.41, 5.74) is -0.727. The summed E-state index contributed by atoms with van der Waals surface area (Å²) in [4.78, 5) is 16.0. The lowest BCUT2D eigenvalue weighted by atomic mass is 9.81. The number of hydrogen-bond donors (Lipinski definition) is 1. The molecule has 0 amide bonds. The van der Waals surface area contributed by atoms with Crippen molar-refractivity contribution in [2.45, 2.75) is 32.7 Å². The Morgan fingerprint density at radius 3 is 2.58 bits per heavy atom. The maximum Gasteiger partial charge on any atom is 0.313 e. The van der Waals surface area contributed by atoms with Crippen LogP contribution in [0.15, 0.2) is 0 Å². The van der Waals surface area contributed by atoms with Gasteiger partial charge in [0.05, 0.1) is 6.61 Å². The molecule has 1 N–H and O–H groups in total. The molecule has 5 heteroatoms. The number of hydrogen-bond acceptors (Lipinski definition) is 4. The van der Waals surface area contributed by atoms with Gasteiger partial charge in [-0.3, -0.25) is 9.69 Å². The van der Waals surface area contributed by atoms with Crippen LogP contribution in [0.25, 0.3) is 0 Å². The summed E-state index contributed by atoms with van der Waals surface area (Å²) in [6, 6.07) is 0.346. The Hall–Kier alpha value is -0.650. The van der Waals surface area contributed by atoms with Gasteiger partial charge in [-0.05, 0) is 40.4 Å². The molecule has 0 aromatic heterocycles. The van der Waals surface area contributed by atoms with Crippen LogP contribution in [0.1, 0.15) is 26.7 Å². The Kier molecular flexibility index (Phi) is 6.23. The van der Waals surface area contributed by atoms with E-state index in [2.05, 4.69) is 23.6 Å². The maximum absolute atomic E-state index is 11.7. The highest BCUT2D eigenvalue weighted by Gasteiger charge is 2.42. The van der Waals surface area contributed by atoms with E-state index in [-0.39, 0.29) is 0 Å². The van der Waals surface area contributed by atoms with Crippen molar-refractivity contribution in [3.05, 3.63) is 0 Å². The van der Waals surface area contributed by atoms with Crippen LogP contribution in [0.5, 0.6) is 0 Å². The summed E-state index contributed by atoms with van der Waals surface area (Å²) in [5, 5.41) is 9.58. The van der Waals surface area contributed by atoms with E-state index >= 15 is 0 Å². The summed E-state index contributed by atoms with van der Waals surface area (Å²) in [6.07, 6.45) is 1.55. The van der Waals surface area contributed by atoms with Gasteiger partial charge in [0.1, 0.15) is 5.41 Å². The van der Waals surface area contributed by atoms with Crippen molar-refractivity contribution in [3.63, 3.8) is 0 Å². The normalized spacial score (nSPS) is 25.8. The van der Waals surface area contributed by atoms with Gasteiger partial charge < -0.3 is 14.7 Å². The number of aliphatic carboxylic acids is 1. The first-order chi connectivity index (χ1) is 8.91. The summed E-state index contributed by atoms with van der Waals surface area (Å²) < 4.78 is 5.44. The standard InChI is InChI=1S/C14H28N2O3/c1-5-16(12(2)9-15(3)4)10-14(13(17)18)7-6-8-19-11-14/h12H,5-11H2,1-4H3,(H,17,18). The van der Waals surface area contributed by atoms with Crippen LogP contribution in [-0.2, 0) is 9.53 Å². The van der Waals surface area contributed by atoms with E-state index in [0.717, 1.165) is 19.5 Å². The second-order valence-electron chi connectivity index (χ2n) is 5.92. The topological polar surface area (TPSA) is 53.0 Å². The Morgan fingerprint density at radius 2 is 2.16 bits per heavy atom. The molecule has 1 saturated heterocycles. The molecule has 0 spiro atoms. The minimum Gasteiger partial charge on any atom is -0.481 e. The zero-order chi connectivity index (χ0) is 14.5. The fraction of sp³-hybridized carbons (Fsp3) is 0.929. The van der Waals surface area contributed by atoms with E-state index < -0.39 is 11.4 Å². The van der Waals surface area contributed by atoms with Gasteiger partial charge >= 0.3 is 5.97 Å². The van der Waals surface area contributed by atoms with Crippen LogP contribution < -0.4 is 0 Å². The van der Waals surface area contributed by atoms with Crippen LogP contribution in [0.3, 0.4) is 0 Å². The maximum atomic E-state index is 11.7. The van der Waals surface area contributed by atoms with E-state index in [1.165, 1.54) is 0 Å². The molecule has 5 nitrogen and oxygen atoms in total. The van der Waals surface area contributed by atoms with Crippen LogP contribution in [0.2, 0.25) is 0 Å². The number of likely N-dealkylation sites (N-methyl/N-ethyl adjacent to an activating group) is 2. The largest absolute Gasteiger partial charge is 0.481 e. The minimum atomic E-state index is -0.727. The monoisotopic (exact) mass is 272 g/mol. The van der Waals surface area contributed by atoms with E-state index in [1.54, 1.807) is 0 Å². The molecular weight excluding hydrogens is 244 g/mol. The third-order valence-electron chi connectivity index (χ3n) is 3.94. The summed E-state index contributed by atoms with van der Waals surface area (Å²) in [6.45, 7) is 7.65. The first kappa shape index (κ1) is 16.4. The van der Waals surface area contributed by atoms with Crippen molar-refractivity contribution in [3.8, 4) is 0 Å². The number of carboxylic acid groups (broad SMARTS) is 1. The number of carboxylic acids is 1. The van der Waals surface area contributed by atoms with Crippen molar-refractivity contribution < 1.29 is 14.6 Å². The minimum absolute atomic E-state index is 0.341. The SMILES string of the molecule is CCN(CC1(C(=O)O)CCCOC1)C(C)CN(C)C. The average molecular weight is 272 g/mol. The van der Waals surface area contributed by atoms with Gasteiger partial charge in [0.15, 0.2) is 0 Å². The average Bonchev–Trinajstić information content (AvgIpc) is 2.36. The quantitative estimate of drug-likeness (QED) is 0.753. The molecule has 0 aliphatic carbocycles. The fourth-order valence-electron chi connectivity index (χ4n) is 2.83. The van der Waals surface area contributed by atoms with Gasteiger partial charge in [-0.1, -0.05) is 6.92 Å². The molecular formula is C14H28N2O3. The molecule has 1 aliphatic rings. The zero-order valence-corrected chi connectivity index (χ0v) is 12.7. The second-order valence-corrected chi connectivity index (χ2v) is 5.92. The summed E-state index contributed by atoms with van der Waals surface area (Å²) in [5.74, 6) is -0.720. The second kappa shape index (κ2) is 7.22. The highest BCUT2D eigenvalue weighted by atomic mass is 16.5. The summed E-state index contributed by atoms with van der Waals surface area (Å²) >= 11 is 0. The van der Waals surface area contributed by atoms with Gasteiger partial charge in [-0.25, -0.2) is 0 Å². The predicted molar refractivity (Wildman–Crippen MR) is 75.4 cm³/mol. The van der Waals surface area contributed by atoms with Gasteiger partial charge in [-0.2, -0.15) is 0 Å². The van der Waals surface area contributed by atoms with E-state index in [4.69, 9.17) is 4.74 Å². The van der Waals surface area contributed by atoms with Crippen molar-refractivity contribution in [2.75, 3.05) is 46.9 Å². The fourth-order valence-corrected chi connectivity index (χ4v) is 2.83. The lowest BCUT2D eigenvalue weighted by Crippen LogP contribution is -2.52. The number of rotatable bonds is 7. The molecule has 2 unspecified atom stereocenters. The van der Waals surface area contributed by atoms with E-state index in [1.807, 2.05) is 14.1 Å². The van der Waals surface area contributed by atoms with Crippen molar-refractivity contribution >= 4 is 5.97 Å².